The second-order valence-corrected chi connectivity index (χ2v) is 5.67. The van der Waals surface area contributed by atoms with Gasteiger partial charge in [0.25, 0.3) is 5.95 Å². The summed E-state index contributed by atoms with van der Waals surface area (Å²) in [5, 5.41) is 12.1. The van der Waals surface area contributed by atoms with E-state index < -0.39 is 12.0 Å². The Labute approximate surface area is 133 Å². The molecule has 0 spiro atoms. The number of aliphatic carboxylic acids is 1. The first-order valence-electron chi connectivity index (χ1n) is 6.96. The minimum atomic E-state index is -0.846. The number of carboxylic acid groups (broad SMARTS) is 1. The van der Waals surface area contributed by atoms with E-state index in [0.29, 0.717) is 30.4 Å². The largest absolute Gasteiger partial charge is 0.480 e. The third-order valence-electron chi connectivity index (χ3n) is 3.03. The molecule has 1 aromatic heterocycles. The Balaban J connectivity index is 1.87. The van der Waals surface area contributed by atoms with Gasteiger partial charge in [0.2, 0.25) is 0 Å². The molecule has 0 saturated heterocycles. The number of benzene rings is 1. The molecule has 1 aromatic carbocycles. The summed E-state index contributed by atoms with van der Waals surface area (Å²) < 4.78 is 11.1. The lowest BCUT2D eigenvalue weighted by atomic mass is 10.2. The van der Waals surface area contributed by atoms with Crippen molar-refractivity contribution in [2.45, 2.75) is 19.0 Å². The van der Waals surface area contributed by atoms with Crippen LogP contribution >= 0.6 is 11.8 Å². The predicted octanol–water partition coefficient (Wildman–Crippen LogP) is 3.37. The van der Waals surface area contributed by atoms with E-state index in [1.807, 2.05) is 36.6 Å². The first-order chi connectivity index (χ1) is 10.7. The fraction of sp³-hybridized carbons (Fsp3) is 0.312. The summed E-state index contributed by atoms with van der Waals surface area (Å²) in [6, 6.07) is 12.3. The Bertz CT molecular complexity index is 585. The molecule has 5 nitrogen and oxygen atoms in total. The Morgan fingerprint density at radius 2 is 2.09 bits per heavy atom. The average Bonchev–Trinajstić information content (AvgIpc) is 2.95. The molecule has 2 rings (SSSR count). The quantitative estimate of drug-likeness (QED) is 0.738. The van der Waals surface area contributed by atoms with E-state index in [1.165, 1.54) is 0 Å². The summed E-state index contributed by atoms with van der Waals surface area (Å²) in [7, 11) is 0. The van der Waals surface area contributed by atoms with Crippen LogP contribution in [0.4, 0.5) is 0 Å². The zero-order valence-corrected chi connectivity index (χ0v) is 13.1. The summed E-state index contributed by atoms with van der Waals surface area (Å²) in [5.74, 6) is 1.67. The third kappa shape index (κ3) is 5.13. The van der Waals surface area contributed by atoms with E-state index in [2.05, 4.69) is 5.32 Å². The summed E-state index contributed by atoms with van der Waals surface area (Å²) in [5.41, 5.74) is 0. The summed E-state index contributed by atoms with van der Waals surface area (Å²) in [6.07, 6.45) is 2.53. The Morgan fingerprint density at radius 1 is 1.32 bits per heavy atom. The van der Waals surface area contributed by atoms with Gasteiger partial charge in [-0.1, -0.05) is 18.2 Å². The Hall–Kier alpha value is -1.92. The topological polar surface area (TPSA) is 71.7 Å². The van der Waals surface area contributed by atoms with E-state index in [0.717, 1.165) is 5.75 Å². The highest BCUT2D eigenvalue weighted by molar-refractivity contribution is 7.98. The van der Waals surface area contributed by atoms with Crippen LogP contribution in [0.15, 0.2) is 46.9 Å². The van der Waals surface area contributed by atoms with Crippen LogP contribution in [0.25, 0.3) is 0 Å². The molecule has 0 aliphatic carbocycles. The monoisotopic (exact) mass is 321 g/mol. The van der Waals surface area contributed by atoms with E-state index in [1.54, 1.807) is 23.9 Å². The predicted molar refractivity (Wildman–Crippen MR) is 86.5 cm³/mol. The standard InChI is InChI=1S/C16H19NO4S/c1-22-10-9-14(16(18)19)17-11-13-7-8-15(21-13)20-12-5-3-2-4-6-12/h2-8,14,17H,9-11H2,1H3,(H,18,19)/t14-/m1/s1. The number of hydrogen-bond donors (Lipinski definition) is 2. The summed E-state index contributed by atoms with van der Waals surface area (Å²) in [6.45, 7) is 0.351. The van der Waals surface area contributed by atoms with Gasteiger partial charge >= 0.3 is 5.97 Å². The first-order valence-corrected chi connectivity index (χ1v) is 8.35. The highest BCUT2D eigenvalue weighted by Crippen LogP contribution is 2.23. The van der Waals surface area contributed by atoms with Gasteiger partial charge in [-0.3, -0.25) is 10.1 Å². The molecular formula is C16H19NO4S. The number of carboxylic acids is 1. The van der Waals surface area contributed by atoms with Crippen molar-refractivity contribution in [3.05, 3.63) is 48.2 Å². The molecule has 1 atom stereocenters. The van der Waals surface area contributed by atoms with Crippen molar-refractivity contribution < 1.29 is 19.1 Å². The molecular weight excluding hydrogens is 302 g/mol. The lowest BCUT2D eigenvalue weighted by molar-refractivity contribution is -0.139. The summed E-state index contributed by atoms with van der Waals surface area (Å²) in [4.78, 5) is 11.1. The van der Waals surface area contributed by atoms with E-state index in [-0.39, 0.29) is 0 Å². The maximum absolute atomic E-state index is 11.1. The van der Waals surface area contributed by atoms with Crippen molar-refractivity contribution in [3.63, 3.8) is 0 Å². The van der Waals surface area contributed by atoms with Gasteiger partial charge in [0.1, 0.15) is 17.6 Å². The van der Waals surface area contributed by atoms with Crippen LogP contribution in [0.2, 0.25) is 0 Å². The lowest BCUT2D eigenvalue weighted by Gasteiger charge is -2.12. The van der Waals surface area contributed by atoms with E-state index >= 15 is 0 Å². The Morgan fingerprint density at radius 3 is 2.77 bits per heavy atom. The van der Waals surface area contributed by atoms with Crippen LogP contribution in [0.3, 0.4) is 0 Å². The van der Waals surface area contributed by atoms with Gasteiger partial charge in [0.15, 0.2) is 0 Å². The second-order valence-electron chi connectivity index (χ2n) is 4.69. The molecule has 1 heterocycles. The van der Waals surface area contributed by atoms with Crippen LogP contribution in [0.5, 0.6) is 11.7 Å². The molecule has 118 valence electrons. The fourth-order valence-corrected chi connectivity index (χ4v) is 2.36. The van der Waals surface area contributed by atoms with Crippen molar-refractivity contribution >= 4 is 17.7 Å². The van der Waals surface area contributed by atoms with Crippen molar-refractivity contribution in [1.29, 1.82) is 0 Å². The maximum atomic E-state index is 11.1. The molecule has 0 bridgehead atoms. The first kappa shape index (κ1) is 16.5. The lowest BCUT2D eigenvalue weighted by Crippen LogP contribution is -2.36. The number of para-hydroxylation sites is 1. The molecule has 0 fully saturated rings. The number of carbonyl (C=O) groups is 1. The van der Waals surface area contributed by atoms with Crippen molar-refractivity contribution in [2.75, 3.05) is 12.0 Å². The molecule has 0 unspecified atom stereocenters. The van der Waals surface area contributed by atoms with Gasteiger partial charge in [-0.05, 0) is 36.6 Å². The zero-order valence-electron chi connectivity index (χ0n) is 12.3. The van der Waals surface area contributed by atoms with Crippen LogP contribution in [-0.2, 0) is 11.3 Å². The fourth-order valence-electron chi connectivity index (χ4n) is 1.89. The minimum absolute atomic E-state index is 0.351. The van der Waals surface area contributed by atoms with Crippen LogP contribution in [0, 0.1) is 0 Å². The van der Waals surface area contributed by atoms with Crippen molar-refractivity contribution in [3.8, 4) is 11.7 Å². The molecule has 0 aliphatic heterocycles. The highest BCUT2D eigenvalue weighted by atomic mass is 32.2. The van der Waals surface area contributed by atoms with Gasteiger partial charge in [-0.15, -0.1) is 0 Å². The smallest absolute Gasteiger partial charge is 0.320 e. The second kappa shape index (κ2) is 8.51. The normalized spacial score (nSPS) is 12.0. The third-order valence-corrected chi connectivity index (χ3v) is 3.67. The SMILES string of the molecule is CSCC[C@@H](NCc1ccc(Oc2ccccc2)o1)C(=O)O. The van der Waals surface area contributed by atoms with Gasteiger partial charge in [0.05, 0.1) is 6.54 Å². The highest BCUT2D eigenvalue weighted by Gasteiger charge is 2.16. The van der Waals surface area contributed by atoms with Crippen LogP contribution in [0.1, 0.15) is 12.2 Å². The Kier molecular flexibility index (Phi) is 6.36. The van der Waals surface area contributed by atoms with E-state index in [4.69, 9.17) is 14.3 Å². The van der Waals surface area contributed by atoms with Gasteiger partial charge in [0, 0.05) is 6.07 Å². The molecule has 0 aliphatic rings. The van der Waals surface area contributed by atoms with E-state index in [9.17, 15) is 4.79 Å². The maximum Gasteiger partial charge on any atom is 0.320 e. The van der Waals surface area contributed by atoms with Gasteiger partial charge in [-0.2, -0.15) is 11.8 Å². The zero-order chi connectivity index (χ0) is 15.8. The number of ether oxygens (including phenoxy) is 1. The molecule has 0 saturated carbocycles. The number of furan rings is 1. The van der Waals surface area contributed by atoms with Gasteiger partial charge in [-0.25, -0.2) is 0 Å². The number of thioether (sulfide) groups is 1. The van der Waals surface area contributed by atoms with Crippen molar-refractivity contribution in [2.24, 2.45) is 0 Å². The van der Waals surface area contributed by atoms with Crippen molar-refractivity contribution in [1.82, 2.24) is 5.32 Å². The van der Waals surface area contributed by atoms with Crippen LogP contribution in [-0.4, -0.2) is 29.1 Å². The molecule has 2 aromatic rings. The number of hydrogen-bond acceptors (Lipinski definition) is 5. The summed E-state index contributed by atoms with van der Waals surface area (Å²) >= 11 is 1.63. The number of nitrogens with one attached hydrogen (secondary N) is 1. The van der Waals surface area contributed by atoms with Crippen LogP contribution < -0.4 is 10.1 Å². The van der Waals surface area contributed by atoms with Gasteiger partial charge < -0.3 is 14.3 Å². The minimum Gasteiger partial charge on any atom is -0.480 e. The molecule has 2 N–H and O–H groups in total. The molecule has 0 amide bonds. The molecule has 0 radical (unpaired) electrons. The molecule has 22 heavy (non-hydrogen) atoms. The molecule has 6 heteroatoms. The average molecular weight is 321 g/mol. The number of rotatable bonds is 9.